The van der Waals surface area contributed by atoms with Crippen molar-refractivity contribution in [1.29, 1.82) is 0 Å². The Kier molecular flexibility index (Phi) is 6.80. The minimum absolute atomic E-state index is 0. The molecule has 1 saturated carbocycles. The number of hydrogen-bond acceptors (Lipinski definition) is 3. The Hall–Kier alpha value is -1.83. The Morgan fingerprint density at radius 1 is 1.18 bits per heavy atom. The number of nitrogens with zero attached hydrogens (tertiary/aromatic N) is 2. The van der Waals surface area contributed by atoms with Crippen LogP contribution in [0.15, 0.2) is 47.5 Å². The molecule has 1 unspecified atom stereocenters. The molecule has 2 aliphatic rings. The van der Waals surface area contributed by atoms with E-state index in [1.165, 1.54) is 18.4 Å². The third-order valence-corrected chi connectivity index (χ3v) is 5.63. The number of pyridine rings is 1. The minimum Gasteiger partial charge on any atom is -0.487 e. The maximum absolute atomic E-state index is 6.46. The average molecular weight is 492 g/mol. The van der Waals surface area contributed by atoms with Crippen LogP contribution in [0, 0.1) is 6.92 Å². The standard InChI is InChI=1S/C22H28N4O.HI/c1-16-8-7-9-17(25-16)15-24-21(23-2)26-19-14-22(12-5-6-13-22)27-20-11-4-3-10-18(19)20;/h3-4,7-11,19H,5-6,12-15H2,1-2H3,(H2,23,24,26);1H. The highest BCUT2D eigenvalue weighted by Crippen LogP contribution is 2.46. The SMILES string of the molecule is CN=C(NCc1cccc(C)n1)NC1CC2(CCCC2)Oc2ccccc21.I. The number of guanidine groups is 1. The molecule has 0 bridgehead atoms. The zero-order chi connectivity index (χ0) is 18.7. The highest BCUT2D eigenvalue weighted by molar-refractivity contribution is 14.0. The summed E-state index contributed by atoms with van der Waals surface area (Å²) in [5.41, 5.74) is 3.23. The van der Waals surface area contributed by atoms with Gasteiger partial charge in [0.05, 0.1) is 18.3 Å². The van der Waals surface area contributed by atoms with E-state index in [9.17, 15) is 0 Å². The van der Waals surface area contributed by atoms with E-state index in [0.29, 0.717) is 6.54 Å². The molecule has 4 rings (SSSR count). The van der Waals surface area contributed by atoms with Crippen LogP contribution in [0.4, 0.5) is 0 Å². The predicted molar refractivity (Wildman–Crippen MR) is 123 cm³/mol. The number of fused-ring (bicyclic) bond motifs is 1. The molecule has 1 aromatic heterocycles. The number of nitrogens with one attached hydrogen (secondary N) is 2. The second kappa shape index (κ2) is 9.11. The summed E-state index contributed by atoms with van der Waals surface area (Å²) < 4.78 is 6.46. The Bertz CT molecular complexity index is 833. The molecule has 0 saturated heterocycles. The molecule has 2 N–H and O–H groups in total. The summed E-state index contributed by atoms with van der Waals surface area (Å²) >= 11 is 0. The van der Waals surface area contributed by atoms with Crippen molar-refractivity contribution in [3.8, 4) is 5.75 Å². The zero-order valence-electron chi connectivity index (χ0n) is 16.6. The Morgan fingerprint density at radius 3 is 2.71 bits per heavy atom. The van der Waals surface area contributed by atoms with Crippen molar-refractivity contribution in [2.75, 3.05) is 7.05 Å². The van der Waals surface area contributed by atoms with Crippen LogP contribution in [0.3, 0.4) is 0 Å². The number of benzene rings is 1. The van der Waals surface area contributed by atoms with Crippen LogP contribution < -0.4 is 15.4 Å². The summed E-state index contributed by atoms with van der Waals surface area (Å²) in [5, 5.41) is 7.03. The summed E-state index contributed by atoms with van der Waals surface area (Å²) in [6, 6.07) is 14.7. The van der Waals surface area contributed by atoms with Crippen molar-refractivity contribution in [2.24, 2.45) is 4.99 Å². The van der Waals surface area contributed by atoms with Crippen LogP contribution in [0.5, 0.6) is 5.75 Å². The molecule has 1 fully saturated rings. The summed E-state index contributed by atoms with van der Waals surface area (Å²) in [5.74, 6) is 1.81. The average Bonchev–Trinajstić information content (AvgIpc) is 3.12. The van der Waals surface area contributed by atoms with Gasteiger partial charge in [-0.3, -0.25) is 9.98 Å². The van der Waals surface area contributed by atoms with Gasteiger partial charge in [0.2, 0.25) is 0 Å². The molecular weight excluding hydrogens is 463 g/mol. The summed E-state index contributed by atoms with van der Waals surface area (Å²) in [6.07, 6.45) is 5.76. The first-order chi connectivity index (χ1) is 13.2. The fourth-order valence-corrected chi connectivity index (χ4v) is 4.30. The highest BCUT2D eigenvalue weighted by Gasteiger charge is 2.43. The fraction of sp³-hybridized carbons (Fsp3) is 0.455. The lowest BCUT2D eigenvalue weighted by atomic mass is 9.86. The van der Waals surface area contributed by atoms with Crippen molar-refractivity contribution in [2.45, 2.75) is 57.2 Å². The van der Waals surface area contributed by atoms with Crippen LogP contribution >= 0.6 is 24.0 Å². The van der Waals surface area contributed by atoms with E-state index in [-0.39, 0.29) is 35.6 Å². The largest absolute Gasteiger partial charge is 0.487 e. The van der Waals surface area contributed by atoms with E-state index in [2.05, 4.69) is 44.9 Å². The van der Waals surface area contributed by atoms with Crippen molar-refractivity contribution >= 4 is 29.9 Å². The van der Waals surface area contributed by atoms with Crippen LogP contribution in [0.1, 0.15) is 55.1 Å². The molecule has 1 atom stereocenters. The van der Waals surface area contributed by atoms with E-state index in [1.54, 1.807) is 0 Å². The second-order valence-electron chi connectivity index (χ2n) is 7.63. The highest BCUT2D eigenvalue weighted by atomic mass is 127. The number of aromatic nitrogens is 1. The molecule has 6 heteroatoms. The molecule has 1 aliphatic heterocycles. The zero-order valence-corrected chi connectivity index (χ0v) is 18.9. The Labute approximate surface area is 184 Å². The molecular formula is C22H29IN4O. The van der Waals surface area contributed by atoms with Gasteiger partial charge in [0, 0.05) is 24.7 Å². The van der Waals surface area contributed by atoms with Crippen LogP contribution in [-0.2, 0) is 6.54 Å². The summed E-state index contributed by atoms with van der Waals surface area (Å²) in [6.45, 7) is 2.66. The van der Waals surface area contributed by atoms with E-state index in [4.69, 9.17) is 4.74 Å². The molecule has 2 heterocycles. The van der Waals surface area contributed by atoms with Gasteiger partial charge < -0.3 is 15.4 Å². The molecule has 1 aromatic carbocycles. The summed E-state index contributed by atoms with van der Waals surface area (Å²) in [4.78, 5) is 8.99. The Morgan fingerprint density at radius 2 is 1.96 bits per heavy atom. The monoisotopic (exact) mass is 492 g/mol. The lowest BCUT2D eigenvalue weighted by Gasteiger charge is -2.40. The Balaban J connectivity index is 0.00000225. The number of aryl methyl sites for hydroxylation is 1. The quantitative estimate of drug-likeness (QED) is 0.376. The van der Waals surface area contributed by atoms with Gasteiger partial charge in [0.15, 0.2) is 5.96 Å². The maximum atomic E-state index is 6.46. The molecule has 28 heavy (non-hydrogen) atoms. The van der Waals surface area contributed by atoms with Crippen molar-refractivity contribution in [3.63, 3.8) is 0 Å². The van der Waals surface area contributed by atoms with Crippen LogP contribution in [-0.4, -0.2) is 23.6 Å². The lowest BCUT2D eigenvalue weighted by molar-refractivity contribution is 0.0396. The number of rotatable bonds is 3. The fourth-order valence-electron chi connectivity index (χ4n) is 4.30. The third kappa shape index (κ3) is 4.59. The van der Waals surface area contributed by atoms with Gasteiger partial charge in [-0.05, 0) is 50.8 Å². The van der Waals surface area contributed by atoms with Gasteiger partial charge >= 0.3 is 0 Å². The molecule has 0 amide bonds. The van der Waals surface area contributed by atoms with E-state index >= 15 is 0 Å². The van der Waals surface area contributed by atoms with Gasteiger partial charge in [0.25, 0.3) is 0 Å². The number of aliphatic imine (C=N–C) groups is 1. The predicted octanol–water partition coefficient (Wildman–Crippen LogP) is 4.51. The first-order valence-corrected chi connectivity index (χ1v) is 9.85. The third-order valence-electron chi connectivity index (χ3n) is 5.63. The van der Waals surface area contributed by atoms with Crippen LogP contribution in [0.2, 0.25) is 0 Å². The molecule has 5 nitrogen and oxygen atoms in total. The number of hydrogen-bond donors (Lipinski definition) is 2. The maximum Gasteiger partial charge on any atom is 0.191 e. The first kappa shape index (κ1) is 20.9. The van der Waals surface area contributed by atoms with E-state index < -0.39 is 0 Å². The van der Waals surface area contributed by atoms with Crippen LogP contribution in [0.25, 0.3) is 0 Å². The van der Waals surface area contributed by atoms with Crippen molar-refractivity contribution in [1.82, 2.24) is 15.6 Å². The number of halogens is 1. The first-order valence-electron chi connectivity index (χ1n) is 9.85. The normalized spacial score (nSPS) is 20.1. The minimum atomic E-state index is -0.0248. The van der Waals surface area contributed by atoms with Crippen molar-refractivity contribution in [3.05, 3.63) is 59.4 Å². The molecule has 150 valence electrons. The lowest BCUT2D eigenvalue weighted by Crippen LogP contribution is -2.46. The molecule has 0 radical (unpaired) electrons. The van der Waals surface area contributed by atoms with Gasteiger partial charge in [-0.2, -0.15) is 0 Å². The summed E-state index contributed by atoms with van der Waals surface area (Å²) in [7, 11) is 1.82. The smallest absolute Gasteiger partial charge is 0.191 e. The van der Waals surface area contributed by atoms with Crippen molar-refractivity contribution < 1.29 is 4.74 Å². The van der Waals surface area contributed by atoms with Gasteiger partial charge in [-0.25, -0.2) is 0 Å². The van der Waals surface area contributed by atoms with E-state index in [1.807, 2.05) is 32.2 Å². The van der Waals surface area contributed by atoms with Gasteiger partial charge in [0.1, 0.15) is 11.4 Å². The number of ether oxygens (including phenoxy) is 1. The van der Waals surface area contributed by atoms with Gasteiger partial charge in [-0.15, -0.1) is 24.0 Å². The molecule has 2 aromatic rings. The molecule has 1 aliphatic carbocycles. The second-order valence-corrected chi connectivity index (χ2v) is 7.63. The van der Waals surface area contributed by atoms with E-state index in [0.717, 1.165) is 42.4 Å². The number of para-hydroxylation sites is 1. The van der Waals surface area contributed by atoms with Gasteiger partial charge in [-0.1, -0.05) is 24.3 Å². The molecule has 1 spiro atoms. The topological polar surface area (TPSA) is 58.5 Å².